The Kier molecular flexibility index (Phi) is 5.75. The fourth-order valence-electron chi connectivity index (χ4n) is 1.79. The second-order valence-electron chi connectivity index (χ2n) is 4.76. The van der Waals surface area contributed by atoms with Crippen molar-refractivity contribution in [2.45, 2.75) is 44.8 Å². The number of nitrogens with zero attached hydrogens (tertiary/aromatic N) is 2. The van der Waals surface area contributed by atoms with Crippen molar-refractivity contribution in [2.24, 2.45) is 5.73 Å². The summed E-state index contributed by atoms with van der Waals surface area (Å²) in [4.78, 5) is 20.2. The maximum absolute atomic E-state index is 11.5. The number of thioether (sulfide) groups is 1. The average molecular weight is 282 g/mol. The van der Waals surface area contributed by atoms with E-state index in [2.05, 4.69) is 15.3 Å². The van der Waals surface area contributed by atoms with Crippen LogP contribution in [0.2, 0.25) is 0 Å². The smallest absolute Gasteiger partial charge is 0.237 e. The standard InChI is InChI=1S/C13H22N4OS/c1-5-15-13(4,11(14)18)6-7-19-12-16-9(2)8-10(3)17-12/h8,15H,5-7H2,1-4H3,(H2,14,18). The summed E-state index contributed by atoms with van der Waals surface area (Å²) in [6.45, 7) is 8.41. The number of rotatable bonds is 7. The molecule has 6 heteroatoms. The summed E-state index contributed by atoms with van der Waals surface area (Å²) in [5, 5.41) is 3.89. The van der Waals surface area contributed by atoms with Gasteiger partial charge in [0.2, 0.25) is 5.91 Å². The lowest BCUT2D eigenvalue weighted by Crippen LogP contribution is -2.53. The Morgan fingerprint density at radius 2 is 2.00 bits per heavy atom. The van der Waals surface area contributed by atoms with Crippen LogP contribution in [0, 0.1) is 13.8 Å². The summed E-state index contributed by atoms with van der Waals surface area (Å²) in [6.07, 6.45) is 0.650. The van der Waals surface area contributed by atoms with E-state index in [0.29, 0.717) is 13.0 Å². The third-order valence-corrected chi connectivity index (χ3v) is 3.75. The first-order chi connectivity index (χ1) is 8.87. The maximum atomic E-state index is 11.5. The number of carbonyl (C=O) groups excluding carboxylic acids is 1. The Hall–Kier alpha value is -1.14. The highest BCUT2D eigenvalue weighted by atomic mass is 32.2. The van der Waals surface area contributed by atoms with E-state index in [1.165, 1.54) is 0 Å². The fraction of sp³-hybridized carbons (Fsp3) is 0.615. The molecule has 0 saturated heterocycles. The molecule has 0 spiro atoms. The maximum Gasteiger partial charge on any atom is 0.237 e. The Morgan fingerprint density at radius 1 is 1.42 bits per heavy atom. The van der Waals surface area contributed by atoms with Crippen LogP contribution < -0.4 is 11.1 Å². The van der Waals surface area contributed by atoms with E-state index in [1.54, 1.807) is 11.8 Å². The van der Waals surface area contributed by atoms with E-state index in [-0.39, 0.29) is 5.91 Å². The second kappa shape index (κ2) is 6.86. The van der Waals surface area contributed by atoms with Crippen molar-refractivity contribution in [1.29, 1.82) is 0 Å². The first kappa shape index (κ1) is 15.9. The van der Waals surface area contributed by atoms with Gasteiger partial charge in [-0.05, 0) is 39.8 Å². The van der Waals surface area contributed by atoms with E-state index >= 15 is 0 Å². The summed E-state index contributed by atoms with van der Waals surface area (Å²) >= 11 is 1.55. The van der Waals surface area contributed by atoms with Crippen LogP contribution in [-0.4, -0.2) is 33.7 Å². The molecule has 0 aliphatic carbocycles. The van der Waals surface area contributed by atoms with E-state index in [1.807, 2.05) is 33.8 Å². The molecule has 0 aliphatic heterocycles. The largest absolute Gasteiger partial charge is 0.368 e. The number of nitrogens with one attached hydrogen (secondary N) is 1. The van der Waals surface area contributed by atoms with Crippen LogP contribution >= 0.6 is 11.8 Å². The molecule has 1 amide bonds. The van der Waals surface area contributed by atoms with Gasteiger partial charge in [0.1, 0.15) is 0 Å². The lowest BCUT2D eigenvalue weighted by molar-refractivity contribution is -0.123. The monoisotopic (exact) mass is 282 g/mol. The molecular formula is C13H22N4OS. The number of aromatic nitrogens is 2. The van der Waals surface area contributed by atoms with Crippen LogP contribution in [0.3, 0.4) is 0 Å². The van der Waals surface area contributed by atoms with Crippen molar-refractivity contribution in [1.82, 2.24) is 15.3 Å². The molecule has 1 atom stereocenters. The first-order valence-corrected chi connectivity index (χ1v) is 7.36. The third-order valence-electron chi connectivity index (χ3n) is 2.91. The zero-order chi connectivity index (χ0) is 14.5. The number of carbonyl (C=O) groups is 1. The molecule has 1 unspecified atom stereocenters. The van der Waals surface area contributed by atoms with Gasteiger partial charge in [-0.2, -0.15) is 0 Å². The second-order valence-corrected chi connectivity index (χ2v) is 5.82. The normalized spacial score (nSPS) is 14.1. The predicted molar refractivity (Wildman–Crippen MR) is 78.1 cm³/mol. The van der Waals surface area contributed by atoms with Gasteiger partial charge in [-0.25, -0.2) is 9.97 Å². The van der Waals surface area contributed by atoms with Gasteiger partial charge in [0.15, 0.2) is 5.16 Å². The summed E-state index contributed by atoms with van der Waals surface area (Å²) < 4.78 is 0. The summed E-state index contributed by atoms with van der Waals surface area (Å²) in [7, 11) is 0. The Bertz CT molecular complexity index is 432. The molecule has 1 rings (SSSR count). The van der Waals surface area contributed by atoms with Gasteiger partial charge in [0.25, 0.3) is 0 Å². The fourth-order valence-corrected chi connectivity index (χ4v) is 2.90. The predicted octanol–water partition coefficient (Wildman–Crippen LogP) is 1.43. The zero-order valence-corrected chi connectivity index (χ0v) is 12.8. The molecule has 0 fully saturated rings. The number of aryl methyl sites for hydroxylation is 2. The molecule has 0 aliphatic rings. The van der Waals surface area contributed by atoms with Crippen molar-refractivity contribution < 1.29 is 4.79 Å². The van der Waals surface area contributed by atoms with Gasteiger partial charge >= 0.3 is 0 Å². The molecule has 1 aromatic heterocycles. The lowest BCUT2D eigenvalue weighted by atomic mass is 9.98. The molecule has 0 radical (unpaired) electrons. The highest BCUT2D eigenvalue weighted by Gasteiger charge is 2.29. The van der Waals surface area contributed by atoms with Crippen molar-refractivity contribution in [3.05, 3.63) is 17.5 Å². The average Bonchev–Trinajstić information content (AvgIpc) is 2.27. The van der Waals surface area contributed by atoms with Crippen molar-refractivity contribution in [2.75, 3.05) is 12.3 Å². The van der Waals surface area contributed by atoms with Gasteiger partial charge in [0, 0.05) is 17.1 Å². The number of nitrogens with two attached hydrogens (primary N) is 1. The molecule has 1 aromatic rings. The van der Waals surface area contributed by atoms with E-state index in [9.17, 15) is 4.79 Å². The molecule has 5 nitrogen and oxygen atoms in total. The molecule has 106 valence electrons. The van der Waals surface area contributed by atoms with Gasteiger partial charge < -0.3 is 11.1 Å². The minimum Gasteiger partial charge on any atom is -0.368 e. The van der Waals surface area contributed by atoms with Gasteiger partial charge in [-0.3, -0.25) is 4.79 Å². The third kappa shape index (κ3) is 4.80. The van der Waals surface area contributed by atoms with Crippen molar-refractivity contribution >= 4 is 17.7 Å². The molecule has 3 N–H and O–H groups in total. The molecule has 1 heterocycles. The number of primary amides is 1. The lowest BCUT2D eigenvalue weighted by Gasteiger charge is -2.26. The van der Waals surface area contributed by atoms with Gasteiger partial charge in [-0.15, -0.1) is 0 Å². The summed E-state index contributed by atoms with van der Waals surface area (Å²) in [5.74, 6) is 0.422. The molecule has 0 bridgehead atoms. The van der Waals surface area contributed by atoms with Crippen LogP contribution in [0.5, 0.6) is 0 Å². The minimum atomic E-state index is -0.666. The highest BCUT2D eigenvalue weighted by Crippen LogP contribution is 2.19. The molecule has 0 aromatic carbocycles. The first-order valence-electron chi connectivity index (χ1n) is 6.37. The Labute approximate surface area is 118 Å². The van der Waals surface area contributed by atoms with E-state index in [4.69, 9.17) is 5.73 Å². The van der Waals surface area contributed by atoms with Crippen LogP contribution in [0.1, 0.15) is 31.7 Å². The van der Waals surface area contributed by atoms with Gasteiger partial charge in [0.05, 0.1) is 5.54 Å². The molecular weight excluding hydrogens is 260 g/mol. The quantitative estimate of drug-likeness (QED) is 0.584. The SMILES string of the molecule is CCNC(C)(CCSc1nc(C)cc(C)n1)C(N)=O. The number of hydrogen-bond donors (Lipinski definition) is 2. The van der Waals surface area contributed by atoms with Crippen LogP contribution in [-0.2, 0) is 4.79 Å². The van der Waals surface area contributed by atoms with Crippen LogP contribution in [0.4, 0.5) is 0 Å². The van der Waals surface area contributed by atoms with Gasteiger partial charge in [-0.1, -0.05) is 18.7 Å². The van der Waals surface area contributed by atoms with Crippen molar-refractivity contribution in [3.63, 3.8) is 0 Å². The zero-order valence-electron chi connectivity index (χ0n) is 12.0. The van der Waals surface area contributed by atoms with E-state index in [0.717, 1.165) is 22.3 Å². The number of hydrogen-bond acceptors (Lipinski definition) is 5. The Balaban J connectivity index is 2.59. The number of likely N-dealkylation sites (N-methyl/N-ethyl adjacent to an activating group) is 1. The highest BCUT2D eigenvalue weighted by molar-refractivity contribution is 7.99. The van der Waals surface area contributed by atoms with E-state index < -0.39 is 5.54 Å². The van der Waals surface area contributed by atoms with Crippen LogP contribution in [0.15, 0.2) is 11.2 Å². The Morgan fingerprint density at radius 3 is 2.47 bits per heavy atom. The van der Waals surface area contributed by atoms with Crippen molar-refractivity contribution in [3.8, 4) is 0 Å². The van der Waals surface area contributed by atoms with Crippen LogP contribution in [0.25, 0.3) is 0 Å². The number of amides is 1. The minimum absolute atomic E-state index is 0.323. The molecule has 0 saturated carbocycles. The topological polar surface area (TPSA) is 80.9 Å². The molecule has 19 heavy (non-hydrogen) atoms. The summed E-state index contributed by atoms with van der Waals surface area (Å²) in [5.41, 5.74) is 6.69. The summed E-state index contributed by atoms with van der Waals surface area (Å²) in [6, 6.07) is 1.94.